The van der Waals surface area contributed by atoms with Crippen LogP contribution in [0.15, 0.2) is 48.8 Å². The van der Waals surface area contributed by atoms with Crippen LogP contribution in [0.2, 0.25) is 0 Å². The van der Waals surface area contributed by atoms with Gasteiger partial charge in [0.05, 0.1) is 5.56 Å². The minimum absolute atomic E-state index is 0.0129. The van der Waals surface area contributed by atoms with Gasteiger partial charge in [-0.05, 0) is 49.2 Å². The molecule has 0 bridgehead atoms. The minimum Gasteiger partial charge on any atom is -0.338 e. The van der Waals surface area contributed by atoms with Crippen molar-refractivity contribution >= 4 is 5.91 Å². The molecular weight excluding hydrogens is 333 g/mol. The van der Waals surface area contributed by atoms with Crippen molar-refractivity contribution in [3.05, 3.63) is 66.0 Å². The van der Waals surface area contributed by atoms with E-state index in [1.54, 1.807) is 36.7 Å². The van der Waals surface area contributed by atoms with Gasteiger partial charge >= 0.3 is 0 Å². The first-order valence-corrected chi connectivity index (χ1v) is 8.58. The van der Waals surface area contributed by atoms with Gasteiger partial charge in [0.1, 0.15) is 11.6 Å². The fraction of sp³-hybridized carbons (Fsp3) is 0.263. The van der Waals surface area contributed by atoms with Crippen molar-refractivity contribution in [3.8, 4) is 11.4 Å². The summed E-state index contributed by atoms with van der Waals surface area (Å²) in [6.45, 7) is 1.31. The van der Waals surface area contributed by atoms with Gasteiger partial charge in [-0.25, -0.2) is 9.37 Å². The van der Waals surface area contributed by atoms with E-state index in [-0.39, 0.29) is 17.6 Å². The number of carbonyl (C=O) groups is 1. The standard InChI is InChI=1S/C19H18FN5O/c20-16-7-5-13(6-8-16)17-22-18(24-23-17)15-4-2-10-25(12-15)19(26)14-3-1-9-21-11-14/h1,3,5-9,11,15H,2,4,10,12H2,(H,22,23,24)/t15-/m0/s1. The van der Waals surface area contributed by atoms with E-state index in [1.165, 1.54) is 12.1 Å². The van der Waals surface area contributed by atoms with Gasteiger partial charge in [-0.1, -0.05) is 0 Å². The number of halogens is 1. The van der Waals surface area contributed by atoms with Crippen LogP contribution in [0.25, 0.3) is 11.4 Å². The Morgan fingerprint density at radius 3 is 2.85 bits per heavy atom. The maximum Gasteiger partial charge on any atom is 0.255 e. The Morgan fingerprint density at radius 2 is 2.08 bits per heavy atom. The van der Waals surface area contributed by atoms with Crippen LogP contribution < -0.4 is 0 Å². The first-order valence-electron chi connectivity index (χ1n) is 8.58. The quantitative estimate of drug-likeness (QED) is 0.787. The molecule has 0 unspecified atom stereocenters. The van der Waals surface area contributed by atoms with Gasteiger partial charge in [0.15, 0.2) is 5.82 Å². The minimum atomic E-state index is -0.290. The fourth-order valence-corrected chi connectivity index (χ4v) is 3.24. The Bertz CT molecular complexity index is 894. The van der Waals surface area contributed by atoms with Crippen molar-refractivity contribution in [2.24, 2.45) is 0 Å². The number of nitrogens with one attached hydrogen (secondary N) is 1. The van der Waals surface area contributed by atoms with Crippen LogP contribution in [0.1, 0.15) is 34.9 Å². The summed E-state index contributed by atoms with van der Waals surface area (Å²) in [7, 11) is 0. The number of amides is 1. The zero-order valence-electron chi connectivity index (χ0n) is 14.1. The van der Waals surface area contributed by atoms with E-state index in [9.17, 15) is 9.18 Å². The maximum atomic E-state index is 13.1. The Balaban J connectivity index is 1.50. The van der Waals surface area contributed by atoms with Crippen LogP contribution in [0.5, 0.6) is 0 Å². The molecule has 2 aromatic heterocycles. The van der Waals surface area contributed by atoms with E-state index in [1.807, 2.05) is 4.90 Å². The molecule has 7 heteroatoms. The van der Waals surface area contributed by atoms with Crippen LogP contribution in [-0.2, 0) is 0 Å². The molecule has 6 nitrogen and oxygen atoms in total. The molecule has 0 radical (unpaired) electrons. The van der Waals surface area contributed by atoms with E-state index in [2.05, 4.69) is 20.2 Å². The molecule has 4 rings (SSSR count). The topological polar surface area (TPSA) is 74.8 Å². The highest BCUT2D eigenvalue weighted by Crippen LogP contribution is 2.27. The number of pyridine rings is 1. The van der Waals surface area contributed by atoms with Crippen LogP contribution >= 0.6 is 0 Å². The third kappa shape index (κ3) is 3.33. The Morgan fingerprint density at radius 1 is 1.23 bits per heavy atom. The molecule has 26 heavy (non-hydrogen) atoms. The van der Waals surface area contributed by atoms with Crippen molar-refractivity contribution in [1.82, 2.24) is 25.1 Å². The monoisotopic (exact) mass is 351 g/mol. The summed E-state index contributed by atoms with van der Waals surface area (Å²) in [5.41, 5.74) is 1.35. The smallest absolute Gasteiger partial charge is 0.255 e. The zero-order valence-corrected chi connectivity index (χ0v) is 14.1. The summed E-state index contributed by atoms with van der Waals surface area (Å²) in [5.74, 6) is 1.09. The molecule has 0 aliphatic carbocycles. The highest BCUT2D eigenvalue weighted by atomic mass is 19.1. The largest absolute Gasteiger partial charge is 0.338 e. The number of piperidine rings is 1. The lowest BCUT2D eigenvalue weighted by Gasteiger charge is -2.31. The third-order valence-electron chi connectivity index (χ3n) is 4.61. The summed E-state index contributed by atoms with van der Waals surface area (Å²) in [4.78, 5) is 23.1. The van der Waals surface area contributed by atoms with Crippen molar-refractivity contribution in [2.75, 3.05) is 13.1 Å². The normalized spacial score (nSPS) is 17.3. The predicted octanol–water partition coefficient (Wildman–Crippen LogP) is 3.03. The third-order valence-corrected chi connectivity index (χ3v) is 4.61. The van der Waals surface area contributed by atoms with Gasteiger partial charge in [-0.2, -0.15) is 5.10 Å². The Hall–Kier alpha value is -3.09. The highest BCUT2D eigenvalue weighted by Gasteiger charge is 2.27. The van der Waals surface area contributed by atoms with E-state index < -0.39 is 0 Å². The van der Waals surface area contributed by atoms with Gasteiger partial charge in [0.25, 0.3) is 5.91 Å². The first-order chi connectivity index (χ1) is 12.7. The number of benzene rings is 1. The summed E-state index contributed by atoms with van der Waals surface area (Å²) in [6.07, 6.45) is 5.09. The molecule has 1 aliphatic heterocycles. The highest BCUT2D eigenvalue weighted by molar-refractivity contribution is 5.94. The van der Waals surface area contributed by atoms with Crippen molar-refractivity contribution in [3.63, 3.8) is 0 Å². The lowest BCUT2D eigenvalue weighted by atomic mass is 9.97. The van der Waals surface area contributed by atoms with E-state index in [4.69, 9.17) is 0 Å². The molecule has 0 spiro atoms. The number of H-pyrrole nitrogens is 1. The maximum absolute atomic E-state index is 13.1. The lowest BCUT2D eigenvalue weighted by Crippen LogP contribution is -2.39. The fourth-order valence-electron chi connectivity index (χ4n) is 3.24. The molecule has 1 N–H and O–H groups in total. The van der Waals surface area contributed by atoms with Gasteiger partial charge in [-0.3, -0.25) is 14.9 Å². The number of aromatic amines is 1. The van der Waals surface area contributed by atoms with E-state index in [0.29, 0.717) is 17.9 Å². The number of hydrogen-bond donors (Lipinski definition) is 1. The first kappa shape index (κ1) is 16.4. The van der Waals surface area contributed by atoms with Gasteiger partial charge in [0.2, 0.25) is 0 Å². The summed E-state index contributed by atoms with van der Waals surface area (Å²) in [6, 6.07) is 9.63. The van der Waals surface area contributed by atoms with Crippen LogP contribution in [0, 0.1) is 5.82 Å². The average molecular weight is 351 g/mol. The summed E-state index contributed by atoms with van der Waals surface area (Å²) < 4.78 is 13.1. The Labute approximate surface area is 150 Å². The molecular formula is C19H18FN5O. The molecule has 1 saturated heterocycles. The molecule has 132 valence electrons. The van der Waals surface area contributed by atoms with Crippen LogP contribution in [0.3, 0.4) is 0 Å². The second kappa shape index (κ2) is 7.03. The van der Waals surface area contributed by atoms with Crippen molar-refractivity contribution in [1.29, 1.82) is 0 Å². The molecule has 1 amide bonds. The van der Waals surface area contributed by atoms with Crippen molar-refractivity contribution < 1.29 is 9.18 Å². The van der Waals surface area contributed by atoms with Crippen molar-refractivity contribution in [2.45, 2.75) is 18.8 Å². The molecule has 3 heterocycles. The number of nitrogens with zero attached hydrogens (tertiary/aromatic N) is 4. The van der Waals surface area contributed by atoms with Gasteiger partial charge < -0.3 is 4.90 Å². The predicted molar refractivity (Wildman–Crippen MR) is 93.9 cm³/mol. The Kier molecular flexibility index (Phi) is 4.43. The van der Waals surface area contributed by atoms with Crippen LogP contribution in [0.4, 0.5) is 4.39 Å². The molecule has 1 aromatic carbocycles. The summed E-state index contributed by atoms with van der Waals surface area (Å²) in [5, 5.41) is 7.23. The lowest BCUT2D eigenvalue weighted by molar-refractivity contribution is 0.0704. The number of carbonyl (C=O) groups excluding carboxylic acids is 1. The van der Waals surface area contributed by atoms with Crippen LogP contribution in [-0.4, -0.2) is 44.1 Å². The number of likely N-dealkylation sites (tertiary alicyclic amines) is 1. The summed E-state index contributed by atoms with van der Waals surface area (Å²) >= 11 is 0. The van der Waals surface area contributed by atoms with E-state index in [0.717, 1.165) is 30.8 Å². The number of aromatic nitrogens is 4. The van der Waals surface area contributed by atoms with Gasteiger partial charge in [0, 0.05) is 37.0 Å². The number of rotatable bonds is 3. The molecule has 1 aliphatic rings. The molecule has 3 aromatic rings. The SMILES string of the molecule is O=C(c1cccnc1)N1CCC[C@H](c2nc(-c3ccc(F)cc3)n[nH]2)C1. The molecule has 1 atom stereocenters. The second-order valence-corrected chi connectivity index (χ2v) is 6.38. The average Bonchev–Trinajstić information content (AvgIpc) is 3.19. The second-order valence-electron chi connectivity index (χ2n) is 6.38. The number of hydrogen-bond acceptors (Lipinski definition) is 4. The molecule has 0 saturated carbocycles. The zero-order chi connectivity index (χ0) is 17.9. The molecule has 1 fully saturated rings. The van der Waals surface area contributed by atoms with Gasteiger partial charge in [-0.15, -0.1) is 0 Å². The van der Waals surface area contributed by atoms with E-state index >= 15 is 0 Å².